The average molecular weight is 477 g/mol. The SMILES string of the molecule is CCOC(=O)C1=NO[C@]2(OC(COC(C)=O)[C@@H](OC(C)=O)C(OC(C)=O)C2OC(C)=O)S1. The van der Waals surface area contributed by atoms with E-state index in [-0.39, 0.29) is 11.7 Å². The predicted molar refractivity (Wildman–Crippen MR) is 104 cm³/mol. The van der Waals surface area contributed by atoms with Gasteiger partial charge in [0, 0.05) is 27.7 Å². The molecule has 2 aliphatic rings. The highest BCUT2D eigenvalue weighted by Gasteiger charge is 2.65. The number of ether oxygens (including phenoxy) is 6. The van der Waals surface area contributed by atoms with Crippen molar-refractivity contribution in [1.29, 1.82) is 0 Å². The van der Waals surface area contributed by atoms with Crippen LogP contribution in [0.4, 0.5) is 0 Å². The third-order valence-corrected chi connectivity index (χ3v) is 5.07. The number of carbonyl (C=O) groups excluding carboxylic acids is 5. The maximum atomic E-state index is 12.1. The quantitative estimate of drug-likeness (QED) is 0.357. The van der Waals surface area contributed by atoms with Crippen LogP contribution in [-0.4, -0.2) is 77.6 Å². The minimum atomic E-state index is -2.03. The molecule has 1 saturated heterocycles. The van der Waals surface area contributed by atoms with Gasteiger partial charge in [-0.3, -0.25) is 19.2 Å². The lowest BCUT2D eigenvalue weighted by molar-refractivity contribution is -0.323. The van der Waals surface area contributed by atoms with Gasteiger partial charge in [-0.15, -0.1) is 0 Å². The Bertz CT molecular complexity index is 814. The topological polar surface area (TPSA) is 162 Å². The summed E-state index contributed by atoms with van der Waals surface area (Å²) in [5.41, 5.74) is 0. The van der Waals surface area contributed by atoms with E-state index in [0.717, 1.165) is 27.7 Å². The van der Waals surface area contributed by atoms with E-state index in [1.54, 1.807) is 6.92 Å². The van der Waals surface area contributed by atoms with Gasteiger partial charge in [0.05, 0.1) is 6.61 Å². The van der Waals surface area contributed by atoms with Crippen molar-refractivity contribution in [1.82, 2.24) is 0 Å². The van der Waals surface area contributed by atoms with E-state index in [1.165, 1.54) is 0 Å². The van der Waals surface area contributed by atoms with E-state index in [9.17, 15) is 24.0 Å². The zero-order valence-electron chi connectivity index (χ0n) is 18.0. The molecule has 0 amide bonds. The Hall–Kier alpha value is -2.87. The molecule has 32 heavy (non-hydrogen) atoms. The Morgan fingerprint density at radius 1 is 0.906 bits per heavy atom. The normalized spacial score (nSPS) is 28.7. The van der Waals surface area contributed by atoms with Gasteiger partial charge in [0.2, 0.25) is 11.1 Å². The lowest BCUT2D eigenvalue weighted by Crippen LogP contribution is -2.67. The summed E-state index contributed by atoms with van der Waals surface area (Å²) in [5.74, 6) is -3.89. The van der Waals surface area contributed by atoms with Crippen LogP contribution in [0.1, 0.15) is 34.6 Å². The fraction of sp³-hybridized carbons (Fsp3) is 0.667. The fourth-order valence-electron chi connectivity index (χ4n) is 2.94. The molecule has 0 saturated carbocycles. The molecule has 3 unspecified atom stereocenters. The largest absolute Gasteiger partial charge is 0.463 e. The molecule has 0 bridgehead atoms. The van der Waals surface area contributed by atoms with Gasteiger partial charge in [-0.25, -0.2) is 4.79 Å². The van der Waals surface area contributed by atoms with E-state index in [1.807, 2.05) is 0 Å². The van der Waals surface area contributed by atoms with E-state index >= 15 is 0 Å². The summed E-state index contributed by atoms with van der Waals surface area (Å²) < 4.78 is 31.6. The Balaban J connectivity index is 2.49. The molecule has 1 fully saturated rings. The number of hydrogen-bond donors (Lipinski definition) is 0. The summed E-state index contributed by atoms with van der Waals surface area (Å²) in [6.45, 7) is 5.61. The number of oxime groups is 1. The molecule has 0 aromatic rings. The van der Waals surface area contributed by atoms with Crippen LogP contribution >= 0.6 is 11.8 Å². The number of esters is 5. The van der Waals surface area contributed by atoms with Crippen molar-refractivity contribution in [3.8, 4) is 0 Å². The molecule has 0 N–H and O–H groups in total. The van der Waals surface area contributed by atoms with Crippen molar-refractivity contribution in [2.45, 2.75) is 64.2 Å². The monoisotopic (exact) mass is 477 g/mol. The van der Waals surface area contributed by atoms with Crippen LogP contribution in [0.15, 0.2) is 5.16 Å². The summed E-state index contributed by atoms with van der Waals surface area (Å²) in [5, 5.41) is 1.36. The summed E-state index contributed by atoms with van der Waals surface area (Å²) in [7, 11) is 0. The maximum Gasteiger partial charge on any atom is 0.367 e. The Labute approximate surface area is 187 Å². The zero-order valence-corrected chi connectivity index (χ0v) is 18.8. The molecule has 178 valence electrons. The highest BCUT2D eigenvalue weighted by atomic mass is 32.2. The second kappa shape index (κ2) is 10.6. The average Bonchev–Trinajstić information content (AvgIpc) is 3.10. The van der Waals surface area contributed by atoms with E-state index in [0.29, 0.717) is 11.8 Å². The molecule has 0 aromatic carbocycles. The van der Waals surface area contributed by atoms with Gasteiger partial charge in [-0.05, 0) is 18.7 Å². The number of thioether (sulfide) groups is 1. The predicted octanol–water partition coefficient (Wildman–Crippen LogP) is 0.0372. The van der Waals surface area contributed by atoms with Crippen LogP contribution in [-0.2, 0) is 57.2 Å². The highest BCUT2D eigenvalue weighted by Crippen LogP contribution is 2.47. The van der Waals surface area contributed by atoms with Gasteiger partial charge in [0.1, 0.15) is 12.7 Å². The summed E-state index contributed by atoms with van der Waals surface area (Å²) in [6, 6.07) is 0. The molecule has 5 atom stereocenters. The Kier molecular flexibility index (Phi) is 8.44. The summed E-state index contributed by atoms with van der Waals surface area (Å²) >= 11 is 0.603. The van der Waals surface area contributed by atoms with Gasteiger partial charge in [0.15, 0.2) is 12.2 Å². The first-order valence-electron chi connectivity index (χ1n) is 9.44. The lowest BCUT2D eigenvalue weighted by atomic mass is 9.98. The lowest BCUT2D eigenvalue weighted by Gasteiger charge is -2.46. The van der Waals surface area contributed by atoms with Gasteiger partial charge in [-0.1, -0.05) is 5.16 Å². The molecule has 0 radical (unpaired) electrons. The molecular formula is C18H23NO12S. The first-order chi connectivity index (χ1) is 15.0. The number of rotatable bonds is 7. The van der Waals surface area contributed by atoms with Gasteiger partial charge >= 0.3 is 35.0 Å². The molecule has 14 heteroatoms. The minimum absolute atomic E-state index is 0.0549. The van der Waals surface area contributed by atoms with Crippen molar-refractivity contribution in [2.24, 2.45) is 5.16 Å². The number of nitrogens with zero attached hydrogens (tertiary/aromatic N) is 1. The van der Waals surface area contributed by atoms with Gasteiger partial charge in [0.25, 0.3) is 0 Å². The number of hydrogen-bond acceptors (Lipinski definition) is 14. The van der Waals surface area contributed by atoms with Crippen LogP contribution in [0.25, 0.3) is 0 Å². The van der Waals surface area contributed by atoms with E-state index in [4.69, 9.17) is 33.3 Å². The van der Waals surface area contributed by atoms with Crippen molar-refractivity contribution in [3.63, 3.8) is 0 Å². The number of carbonyl (C=O) groups is 5. The summed E-state index contributed by atoms with van der Waals surface area (Å²) in [4.78, 5) is 64.2. The van der Waals surface area contributed by atoms with Crippen LogP contribution in [0.2, 0.25) is 0 Å². The van der Waals surface area contributed by atoms with Crippen molar-refractivity contribution in [2.75, 3.05) is 13.2 Å². The highest BCUT2D eigenvalue weighted by molar-refractivity contribution is 8.16. The molecule has 0 aromatic heterocycles. The maximum absolute atomic E-state index is 12.1. The first kappa shape index (κ1) is 25.4. The second-order valence-electron chi connectivity index (χ2n) is 6.55. The fourth-order valence-corrected chi connectivity index (χ4v) is 3.97. The molecule has 1 spiro atoms. The molecule has 2 heterocycles. The van der Waals surface area contributed by atoms with E-state index in [2.05, 4.69) is 5.16 Å². The molecule has 13 nitrogen and oxygen atoms in total. The third-order valence-electron chi connectivity index (χ3n) is 3.95. The van der Waals surface area contributed by atoms with Crippen LogP contribution in [0, 0.1) is 0 Å². The molecule has 2 aliphatic heterocycles. The van der Waals surface area contributed by atoms with Gasteiger partial charge in [-0.2, -0.15) is 0 Å². The standard InChI is InChI=1S/C18H23NO12S/c1-6-25-17(24)16-19-31-18(32-16)15(29-11(5)23)14(28-10(4)22)13(27-9(3)21)12(30-18)7-26-8(2)20/h12-15H,6-7H2,1-5H3/t12?,13-,14?,15?,18+/m1/s1. The van der Waals surface area contributed by atoms with Crippen molar-refractivity contribution < 1.29 is 57.2 Å². The second-order valence-corrected chi connectivity index (χ2v) is 7.71. The molecule has 2 rings (SSSR count). The van der Waals surface area contributed by atoms with Gasteiger partial charge < -0.3 is 33.3 Å². The molecule has 0 aliphatic carbocycles. The van der Waals surface area contributed by atoms with Crippen LogP contribution < -0.4 is 0 Å². The smallest absolute Gasteiger partial charge is 0.367 e. The Morgan fingerprint density at radius 2 is 1.50 bits per heavy atom. The van der Waals surface area contributed by atoms with Crippen molar-refractivity contribution >= 4 is 46.7 Å². The minimum Gasteiger partial charge on any atom is -0.463 e. The molecular weight excluding hydrogens is 454 g/mol. The summed E-state index contributed by atoms with van der Waals surface area (Å²) in [6.07, 6.45) is -5.61. The zero-order chi connectivity index (χ0) is 24.1. The van der Waals surface area contributed by atoms with Crippen LogP contribution in [0.5, 0.6) is 0 Å². The van der Waals surface area contributed by atoms with E-state index < -0.39 is 66.0 Å². The van der Waals surface area contributed by atoms with Crippen molar-refractivity contribution in [3.05, 3.63) is 0 Å². The first-order valence-corrected chi connectivity index (χ1v) is 10.3. The Morgan fingerprint density at radius 3 is 2.03 bits per heavy atom. The third kappa shape index (κ3) is 6.09. The van der Waals surface area contributed by atoms with Crippen LogP contribution in [0.3, 0.4) is 0 Å².